The van der Waals surface area contributed by atoms with Crippen LogP contribution in [-0.4, -0.2) is 62.6 Å². The number of halogens is 2. The number of rotatable bonds is 5. The standard InChI is InChI=1S/C21H27F2N5/c1-26(2)20(16-3-5-17(22)6-4-16)15-25-21(24)28-13-11-27(12-14-28)19-9-7-18(23)8-10-19/h3-10,20H,11-15H2,1-2H3,(H2,24,25). The third kappa shape index (κ3) is 4.98. The summed E-state index contributed by atoms with van der Waals surface area (Å²) in [5.41, 5.74) is 8.25. The summed E-state index contributed by atoms with van der Waals surface area (Å²) < 4.78 is 26.3. The summed E-state index contributed by atoms with van der Waals surface area (Å²) in [5, 5.41) is 0. The minimum Gasteiger partial charge on any atom is -0.370 e. The lowest BCUT2D eigenvalue weighted by molar-refractivity contribution is 0.304. The molecule has 1 saturated heterocycles. The van der Waals surface area contributed by atoms with Crippen molar-refractivity contribution in [1.29, 1.82) is 0 Å². The molecule has 7 heteroatoms. The van der Waals surface area contributed by atoms with E-state index in [0.29, 0.717) is 12.5 Å². The van der Waals surface area contributed by atoms with Gasteiger partial charge < -0.3 is 20.4 Å². The van der Waals surface area contributed by atoms with Crippen LogP contribution in [-0.2, 0) is 0 Å². The van der Waals surface area contributed by atoms with Crippen LogP contribution in [0.4, 0.5) is 14.5 Å². The Morgan fingerprint density at radius 1 is 0.964 bits per heavy atom. The van der Waals surface area contributed by atoms with Crippen LogP contribution in [0.3, 0.4) is 0 Å². The minimum absolute atomic E-state index is 0.0275. The molecular weight excluding hydrogens is 360 g/mol. The predicted octanol–water partition coefficient (Wildman–Crippen LogP) is 2.70. The number of hydrogen-bond donors (Lipinski definition) is 1. The van der Waals surface area contributed by atoms with Gasteiger partial charge in [0.15, 0.2) is 5.96 Å². The van der Waals surface area contributed by atoms with Gasteiger partial charge in [-0.25, -0.2) is 8.78 Å². The Hall–Kier alpha value is -2.67. The molecular formula is C21H27F2N5. The van der Waals surface area contributed by atoms with Gasteiger partial charge in [0.25, 0.3) is 0 Å². The highest BCUT2D eigenvalue weighted by Gasteiger charge is 2.20. The van der Waals surface area contributed by atoms with Crippen molar-refractivity contribution in [2.75, 3.05) is 51.7 Å². The number of anilines is 1. The van der Waals surface area contributed by atoms with Gasteiger partial charge in [0.1, 0.15) is 11.6 Å². The van der Waals surface area contributed by atoms with Gasteiger partial charge in [-0.1, -0.05) is 12.1 Å². The Balaban J connectivity index is 1.58. The molecule has 0 saturated carbocycles. The van der Waals surface area contributed by atoms with Gasteiger partial charge in [0.2, 0.25) is 0 Å². The third-order valence-corrected chi connectivity index (χ3v) is 5.10. The molecule has 2 aromatic carbocycles. The molecule has 1 fully saturated rings. The van der Waals surface area contributed by atoms with Crippen LogP contribution in [0.2, 0.25) is 0 Å². The first kappa shape index (κ1) is 20.1. The van der Waals surface area contributed by atoms with Crippen LogP contribution < -0.4 is 10.6 Å². The lowest BCUT2D eigenvalue weighted by atomic mass is 10.1. The molecule has 1 aliphatic rings. The highest BCUT2D eigenvalue weighted by atomic mass is 19.1. The van der Waals surface area contributed by atoms with E-state index in [9.17, 15) is 8.78 Å². The zero-order valence-electron chi connectivity index (χ0n) is 16.4. The number of benzene rings is 2. The molecule has 1 aliphatic heterocycles. The van der Waals surface area contributed by atoms with Crippen LogP contribution in [0.25, 0.3) is 0 Å². The number of piperazine rings is 1. The topological polar surface area (TPSA) is 48.1 Å². The lowest BCUT2D eigenvalue weighted by Gasteiger charge is -2.36. The van der Waals surface area contributed by atoms with Crippen LogP contribution in [0.15, 0.2) is 53.5 Å². The van der Waals surface area contributed by atoms with Crippen LogP contribution in [0, 0.1) is 11.6 Å². The van der Waals surface area contributed by atoms with Crippen molar-refractivity contribution in [1.82, 2.24) is 9.80 Å². The van der Waals surface area contributed by atoms with Gasteiger partial charge in [0, 0.05) is 31.9 Å². The molecule has 0 radical (unpaired) electrons. The van der Waals surface area contributed by atoms with E-state index in [4.69, 9.17) is 5.73 Å². The fraction of sp³-hybridized carbons (Fsp3) is 0.381. The van der Waals surface area contributed by atoms with Crippen molar-refractivity contribution in [3.8, 4) is 0 Å². The summed E-state index contributed by atoms with van der Waals surface area (Å²) >= 11 is 0. The Morgan fingerprint density at radius 2 is 1.50 bits per heavy atom. The first-order chi connectivity index (χ1) is 13.4. The fourth-order valence-corrected chi connectivity index (χ4v) is 3.38. The maximum atomic E-state index is 13.2. The summed E-state index contributed by atoms with van der Waals surface area (Å²) in [6.45, 7) is 3.63. The number of aliphatic imine (C=N–C) groups is 1. The van der Waals surface area contributed by atoms with E-state index in [1.165, 1.54) is 24.3 Å². The second kappa shape index (κ2) is 9.01. The van der Waals surface area contributed by atoms with Gasteiger partial charge in [-0.3, -0.25) is 4.99 Å². The van der Waals surface area contributed by atoms with Gasteiger partial charge in [-0.2, -0.15) is 0 Å². The normalized spacial score (nSPS) is 16.5. The molecule has 0 amide bonds. The monoisotopic (exact) mass is 387 g/mol. The first-order valence-electron chi connectivity index (χ1n) is 9.41. The number of guanidine groups is 1. The van der Waals surface area contributed by atoms with E-state index >= 15 is 0 Å². The maximum Gasteiger partial charge on any atom is 0.191 e. The van der Waals surface area contributed by atoms with Gasteiger partial charge >= 0.3 is 0 Å². The van der Waals surface area contributed by atoms with Gasteiger partial charge in [-0.15, -0.1) is 0 Å². The molecule has 28 heavy (non-hydrogen) atoms. The quantitative estimate of drug-likeness (QED) is 0.633. The van der Waals surface area contributed by atoms with E-state index in [1.807, 2.05) is 14.1 Å². The summed E-state index contributed by atoms with van der Waals surface area (Å²) in [7, 11) is 3.95. The molecule has 3 rings (SSSR count). The maximum absolute atomic E-state index is 13.2. The minimum atomic E-state index is -0.247. The molecule has 0 aromatic heterocycles. The Bertz CT molecular complexity index is 781. The highest BCUT2D eigenvalue weighted by Crippen LogP contribution is 2.20. The molecule has 0 bridgehead atoms. The van der Waals surface area contributed by atoms with Crippen molar-refractivity contribution < 1.29 is 8.78 Å². The lowest BCUT2D eigenvalue weighted by Crippen LogP contribution is -2.51. The molecule has 150 valence electrons. The molecule has 1 atom stereocenters. The van der Waals surface area contributed by atoms with E-state index in [1.54, 1.807) is 24.3 Å². The van der Waals surface area contributed by atoms with E-state index in [-0.39, 0.29) is 17.7 Å². The van der Waals surface area contributed by atoms with Crippen molar-refractivity contribution in [2.24, 2.45) is 10.7 Å². The van der Waals surface area contributed by atoms with E-state index in [2.05, 4.69) is 19.7 Å². The number of nitrogens with zero attached hydrogens (tertiary/aromatic N) is 4. The second-order valence-electron chi connectivity index (χ2n) is 7.18. The van der Waals surface area contributed by atoms with Gasteiger partial charge in [-0.05, 0) is 56.1 Å². The van der Waals surface area contributed by atoms with Crippen LogP contribution in [0.5, 0.6) is 0 Å². The second-order valence-corrected chi connectivity index (χ2v) is 7.18. The summed E-state index contributed by atoms with van der Waals surface area (Å²) in [4.78, 5) is 10.9. The number of hydrogen-bond acceptors (Lipinski definition) is 3. The molecule has 1 unspecified atom stereocenters. The highest BCUT2D eigenvalue weighted by molar-refractivity contribution is 5.78. The van der Waals surface area contributed by atoms with Gasteiger partial charge in [0.05, 0.1) is 12.6 Å². The fourth-order valence-electron chi connectivity index (χ4n) is 3.38. The SMILES string of the molecule is CN(C)C(CN=C(N)N1CCN(c2ccc(F)cc2)CC1)c1ccc(F)cc1. The van der Waals surface area contributed by atoms with Crippen LogP contribution >= 0.6 is 0 Å². The van der Waals surface area contributed by atoms with E-state index < -0.39 is 0 Å². The smallest absolute Gasteiger partial charge is 0.191 e. The van der Waals surface area contributed by atoms with Crippen molar-refractivity contribution in [3.05, 3.63) is 65.7 Å². The molecule has 1 heterocycles. The van der Waals surface area contributed by atoms with Crippen molar-refractivity contribution >= 4 is 11.6 Å². The number of likely N-dealkylation sites (N-methyl/N-ethyl adjacent to an activating group) is 1. The Morgan fingerprint density at radius 3 is 2.04 bits per heavy atom. The molecule has 5 nitrogen and oxygen atoms in total. The Kier molecular flexibility index (Phi) is 6.46. The molecule has 2 aromatic rings. The summed E-state index contributed by atoms with van der Waals surface area (Å²) in [5.74, 6) is 0.0476. The average molecular weight is 387 g/mol. The van der Waals surface area contributed by atoms with Crippen LogP contribution in [0.1, 0.15) is 11.6 Å². The van der Waals surface area contributed by atoms with E-state index in [0.717, 1.165) is 37.4 Å². The van der Waals surface area contributed by atoms with Crippen molar-refractivity contribution in [2.45, 2.75) is 6.04 Å². The van der Waals surface area contributed by atoms with Crippen molar-refractivity contribution in [3.63, 3.8) is 0 Å². The molecule has 2 N–H and O–H groups in total. The largest absolute Gasteiger partial charge is 0.370 e. The zero-order valence-corrected chi connectivity index (χ0v) is 16.4. The zero-order chi connectivity index (χ0) is 20.1. The summed E-state index contributed by atoms with van der Waals surface area (Å²) in [6.07, 6.45) is 0. The first-order valence-corrected chi connectivity index (χ1v) is 9.41. The summed E-state index contributed by atoms with van der Waals surface area (Å²) in [6, 6.07) is 13.1. The predicted molar refractivity (Wildman–Crippen MR) is 110 cm³/mol. The third-order valence-electron chi connectivity index (χ3n) is 5.10. The Labute approximate surface area is 165 Å². The average Bonchev–Trinajstić information content (AvgIpc) is 2.70. The molecule has 0 spiro atoms. The number of nitrogens with two attached hydrogens (primary N) is 1. The molecule has 0 aliphatic carbocycles.